The highest BCUT2D eigenvalue weighted by atomic mass is 16.4. The maximum atomic E-state index is 11.9. The number of para-hydroxylation sites is 1. The molecule has 1 fully saturated rings. The molecule has 1 amide bonds. The van der Waals surface area contributed by atoms with E-state index in [1.807, 2.05) is 6.07 Å². The number of amides is 1. The molecular weight excluding hydrogens is 348 g/mol. The normalized spacial score (nSPS) is 13.8. The molecule has 1 aliphatic carbocycles. The van der Waals surface area contributed by atoms with E-state index in [1.54, 1.807) is 0 Å². The van der Waals surface area contributed by atoms with E-state index in [4.69, 9.17) is 19.8 Å². The molecule has 0 bridgehead atoms. The molecule has 27 heavy (non-hydrogen) atoms. The fraction of sp³-hybridized carbons (Fsp3) is 0.450. The number of aromatic amines is 1. The van der Waals surface area contributed by atoms with Crippen LogP contribution in [0.4, 0.5) is 0 Å². The third-order valence-corrected chi connectivity index (χ3v) is 4.83. The summed E-state index contributed by atoms with van der Waals surface area (Å²) in [6, 6.07) is 8.30. The molecule has 4 N–H and O–H groups in total. The summed E-state index contributed by atoms with van der Waals surface area (Å²) in [6.45, 7) is 0.728. The van der Waals surface area contributed by atoms with Crippen molar-refractivity contribution in [1.82, 2.24) is 10.3 Å². The lowest BCUT2D eigenvalue weighted by Gasteiger charge is -2.09. The van der Waals surface area contributed by atoms with Gasteiger partial charge in [0, 0.05) is 30.1 Å². The Kier molecular flexibility index (Phi) is 7.85. The van der Waals surface area contributed by atoms with Crippen LogP contribution in [-0.2, 0) is 20.8 Å². The first-order chi connectivity index (χ1) is 13.0. The van der Waals surface area contributed by atoms with Gasteiger partial charge in [0.15, 0.2) is 0 Å². The van der Waals surface area contributed by atoms with Crippen LogP contribution in [0.3, 0.4) is 0 Å². The predicted molar refractivity (Wildman–Crippen MR) is 101 cm³/mol. The van der Waals surface area contributed by atoms with E-state index in [1.165, 1.54) is 42.1 Å². The van der Waals surface area contributed by atoms with Crippen molar-refractivity contribution in [3.63, 3.8) is 0 Å². The number of H-pyrrole nitrogens is 1. The van der Waals surface area contributed by atoms with Crippen LogP contribution in [0.1, 0.15) is 44.1 Å². The minimum Gasteiger partial charge on any atom is -0.473 e. The average molecular weight is 374 g/mol. The van der Waals surface area contributed by atoms with Gasteiger partial charge in [-0.05, 0) is 30.4 Å². The summed E-state index contributed by atoms with van der Waals surface area (Å²) >= 11 is 0. The maximum absolute atomic E-state index is 11.9. The maximum Gasteiger partial charge on any atom is 0.414 e. The minimum atomic E-state index is -1.82. The summed E-state index contributed by atoms with van der Waals surface area (Å²) in [4.78, 5) is 33.3. The van der Waals surface area contributed by atoms with Crippen LogP contribution < -0.4 is 5.32 Å². The quantitative estimate of drug-likeness (QED) is 0.580. The zero-order chi connectivity index (χ0) is 19.6. The van der Waals surface area contributed by atoms with Gasteiger partial charge in [0.1, 0.15) is 0 Å². The molecule has 1 aromatic carbocycles. The predicted octanol–water partition coefficient (Wildman–Crippen LogP) is 2.95. The molecule has 1 aromatic heterocycles. The highest BCUT2D eigenvalue weighted by Gasteiger charge is 2.16. The third kappa shape index (κ3) is 6.77. The van der Waals surface area contributed by atoms with E-state index >= 15 is 0 Å². The Bertz CT molecular complexity index is 766. The van der Waals surface area contributed by atoms with Crippen molar-refractivity contribution >= 4 is 28.7 Å². The van der Waals surface area contributed by atoms with Crippen LogP contribution >= 0.6 is 0 Å². The standard InChI is InChI=1S/C18H24N2O.C2H2O4/c21-18(10-9-14-5-1-2-6-14)19-12-11-15-13-20-17-8-4-3-7-16(15)17;3-1(4)2(5)6/h3-4,7-8,13-14,20H,1-2,5-6,9-12H2,(H,19,21);(H,3,4)(H,5,6). The average Bonchev–Trinajstić information content (AvgIpc) is 3.30. The van der Waals surface area contributed by atoms with Crippen molar-refractivity contribution in [3.8, 4) is 0 Å². The molecule has 146 valence electrons. The zero-order valence-corrected chi connectivity index (χ0v) is 15.2. The number of fused-ring (bicyclic) bond motifs is 1. The SMILES string of the molecule is O=C(CCC1CCCC1)NCCc1c[nH]c2ccccc12.O=C(O)C(=O)O. The lowest BCUT2D eigenvalue weighted by molar-refractivity contribution is -0.159. The van der Waals surface area contributed by atoms with Gasteiger partial charge in [-0.25, -0.2) is 9.59 Å². The topological polar surface area (TPSA) is 119 Å². The number of carbonyl (C=O) groups excluding carboxylic acids is 1. The van der Waals surface area contributed by atoms with Gasteiger partial charge in [-0.15, -0.1) is 0 Å². The second-order valence-corrected chi connectivity index (χ2v) is 6.76. The van der Waals surface area contributed by atoms with Gasteiger partial charge in [0.25, 0.3) is 0 Å². The Morgan fingerprint density at radius 1 is 1.07 bits per heavy atom. The molecular formula is C20H26N2O5. The van der Waals surface area contributed by atoms with Crippen LogP contribution in [0.25, 0.3) is 10.9 Å². The molecule has 1 saturated carbocycles. The molecule has 1 heterocycles. The number of aliphatic carboxylic acids is 2. The van der Waals surface area contributed by atoms with Crippen molar-refractivity contribution in [2.45, 2.75) is 44.9 Å². The number of carbonyl (C=O) groups is 3. The van der Waals surface area contributed by atoms with E-state index in [0.29, 0.717) is 6.42 Å². The fourth-order valence-corrected chi connectivity index (χ4v) is 3.40. The largest absolute Gasteiger partial charge is 0.473 e. The van der Waals surface area contributed by atoms with Gasteiger partial charge >= 0.3 is 11.9 Å². The number of carboxylic acid groups (broad SMARTS) is 2. The van der Waals surface area contributed by atoms with E-state index < -0.39 is 11.9 Å². The first-order valence-electron chi connectivity index (χ1n) is 9.25. The number of rotatable bonds is 6. The number of hydrogen-bond acceptors (Lipinski definition) is 3. The molecule has 0 aliphatic heterocycles. The van der Waals surface area contributed by atoms with Gasteiger partial charge in [0.05, 0.1) is 0 Å². The van der Waals surface area contributed by atoms with Gasteiger partial charge < -0.3 is 20.5 Å². The molecule has 2 aromatic rings. The van der Waals surface area contributed by atoms with Crippen molar-refractivity contribution in [2.75, 3.05) is 6.54 Å². The van der Waals surface area contributed by atoms with Crippen LogP contribution in [0.15, 0.2) is 30.5 Å². The van der Waals surface area contributed by atoms with Gasteiger partial charge in [-0.1, -0.05) is 43.9 Å². The van der Waals surface area contributed by atoms with Gasteiger partial charge in [-0.3, -0.25) is 4.79 Å². The van der Waals surface area contributed by atoms with Gasteiger partial charge in [0.2, 0.25) is 5.91 Å². The first-order valence-corrected chi connectivity index (χ1v) is 9.25. The molecule has 0 spiro atoms. The Balaban J connectivity index is 0.000000380. The van der Waals surface area contributed by atoms with E-state index in [2.05, 4.69) is 34.7 Å². The second-order valence-electron chi connectivity index (χ2n) is 6.76. The number of aromatic nitrogens is 1. The van der Waals surface area contributed by atoms with Crippen molar-refractivity contribution in [3.05, 3.63) is 36.0 Å². The van der Waals surface area contributed by atoms with Crippen molar-refractivity contribution in [2.24, 2.45) is 5.92 Å². The van der Waals surface area contributed by atoms with Gasteiger partial charge in [-0.2, -0.15) is 0 Å². The third-order valence-electron chi connectivity index (χ3n) is 4.83. The van der Waals surface area contributed by atoms with Crippen LogP contribution in [0, 0.1) is 5.92 Å². The summed E-state index contributed by atoms with van der Waals surface area (Å²) in [5.74, 6) is -2.64. The number of hydrogen-bond donors (Lipinski definition) is 4. The highest BCUT2D eigenvalue weighted by molar-refractivity contribution is 6.27. The smallest absolute Gasteiger partial charge is 0.414 e. The van der Waals surface area contributed by atoms with Crippen LogP contribution in [-0.4, -0.2) is 39.6 Å². The fourth-order valence-electron chi connectivity index (χ4n) is 3.40. The van der Waals surface area contributed by atoms with E-state index in [-0.39, 0.29) is 5.91 Å². The summed E-state index contributed by atoms with van der Waals surface area (Å²) < 4.78 is 0. The zero-order valence-electron chi connectivity index (χ0n) is 15.2. The van der Waals surface area contributed by atoms with Crippen LogP contribution in [0.5, 0.6) is 0 Å². The Hall–Kier alpha value is -2.83. The monoisotopic (exact) mass is 374 g/mol. The molecule has 0 unspecified atom stereocenters. The number of carboxylic acids is 2. The van der Waals surface area contributed by atoms with Crippen LogP contribution in [0.2, 0.25) is 0 Å². The lowest BCUT2D eigenvalue weighted by atomic mass is 10.0. The summed E-state index contributed by atoms with van der Waals surface area (Å²) in [5.41, 5.74) is 2.45. The summed E-state index contributed by atoms with van der Waals surface area (Å²) in [5, 5.41) is 19.1. The Morgan fingerprint density at radius 3 is 2.41 bits per heavy atom. The number of nitrogens with one attached hydrogen (secondary N) is 2. The molecule has 1 aliphatic rings. The van der Waals surface area contributed by atoms with Crippen molar-refractivity contribution < 1.29 is 24.6 Å². The number of benzene rings is 1. The Labute approximate surface area is 157 Å². The highest BCUT2D eigenvalue weighted by Crippen LogP contribution is 2.28. The summed E-state index contributed by atoms with van der Waals surface area (Å²) in [6.07, 6.45) is 10.1. The molecule has 3 rings (SSSR count). The molecule has 7 heteroatoms. The van der Waals surface area contributed by atoms with Crippen molar-refractivity contribution in [1.29, 1.82) is 0 Å². The minimum absolute atomic E-state index is 0.210. The molecule has 7 nitrogen and oxygen atoms in total. The molecule has 0 radical (unpaired) electrons. The molecule has 0 saturated heterocycles. The Morgan fingerprint density at radius 2 is 1.74 bits per heavy atom. The first kappa shape index (κ1) is 20.5. The lowest BCUT2D eigenvalue weighted by Crippen LogP contribution is -2.25. The summed E-state index contributed by atoms with van der Waals surface area (Å²) in [7, 11) is 0. The second kappa shape index (κ2) is 10.4. The van der Waals surface area contributed by atoms with E-state index in [9.17, 15) is 4.79 Å². The van der Waals surface area contributed by atoms with E-state index in [0.717, 1.165) is 25.3 Å². The molecule has 0 atom stereocenters.